The van der Waals surface area contributed by atoms with E-state index in [0.29, 0.717) is 5.56 Å². The fourth-order valence-electron chi connectivity index (χ4n) is 3.47. The highest BCUT2D eigenvalue weighted by atomic mass is 16.1. The van der Waals surface area contributed by atoms with E-state index in [2.05, 4.69) is 30.3 Å². The van der Waals surface area contributed by atoms with E-state index in [1.54, 1.807) is 0 Å². The summed E-state index contributed by atoms with van der Waals surface area (Å²) in [7, 11) is 0. The van der Waals surface area contributed by atoms with Gasteiger partial charge in [0.1, 0.15) is 0 Å². The number of hydrogen-bond acceptors (Lipinski definition) is 1. The minimum atomic E-state index is -0.370. The van der Waals surface area contributed by atoms with Crippen molar-refractivity contribution in [2.75, 3.05) is 0 Å². The van der Waals surface area contributed by atoms with Crippen molar-refractivity contribution in [1.82, 2.24) is 0 Å². The molecule has 2 heteroatoms. The fourth-order valence-corrected chi connectivity index (χ4v) is 3.47. The largest absolute Gasteiger partial charge is 0.366 e. The molecular formula is C20H15NO. The summed E-state index contributed by atoms with van der Waals surface area (Å²) in [4.78, 5) is 11.9. The first kappa shape index (κ1) is 12.8. The second-order valence-electron chi connectivity index (χ2n) is 5.56. The van der Waals surface area contributed by atoms with Crippen LogP contribution in [0, 0.1) is 0 Å². The number of primary amides is 1. The SMILES string of the molecule is NC(=O)c1cccc2c1C(c1ccccc1)c1ccccc1-2. The average molecular weight is 285 g/mol. The lowest BCUT2D eigenvalue weighted by atomic mass is 9.87. The molecule has 22 heavy (non-hydrogen) atoms. The molecule has 3 aromatic rings. The van der Waals surface area contributed by atoms with Gasteiger partial charge in [-0.15, -0.1) is 0 Å². The van der Waals surface area contributed by atoms with Crippen LogP contribution in [0.15, 0.2) is 72.8 Å². The first-order chi connectivity index (χ1) is 10.8. The number of fused-ring (bicyclic) bond motifs is 3. The van der Waals surface area contributed by atoms with Gasteiger partial charge in [0.25, 0.3) is 0 Å². The molecular weight excluding hydrogens is 270 g/mol. The molecule has 1 atom stereocenters. The zero-order valence-corrected chi connectivity index (χ0v) is 12.0. The molecule has 1 amide bonds. The van der Waals surface area contributed by atoms with Gasteiger partial charge in [0, 0.05) is 11.5 Å². The number of benzene rings is 3. The maximum Gasteiger partial charge on any atom is 0.249 e. The minimum Gasteiger partial charge on any atom is -0.366 e. The topological polar surface area (TPSA) is 43.1 Å². The van der Waals surface area contributed by atoms with Gasteiger partial charge in [0.15, 0.2) is 0 Å². The van der Waals surface area contributed by atoms with E-state index < -0.39 is 0 Å². The highest BCUT2D eigenvalue weighted by Gasteiger charge is 2.32. The van der Waals surface area contributed by atoms with Gasteiger partial charge < -0.3 is 5.73 Å². The van der Waals surface area contributed by atoms with E-state index in [0.717, 1.165) is 11.1 Å². The highest BCUT2D eigenvalue weighted by Crippen LogP contribution is 2.49. The second-order valence-corrected chi connectivity index (χ2v) is 5.56. The van der Waals surface area contributed by atoms with Crippen molar-refractivity contribution >= 4 is 5.91 Å². The molecule has 2 nitrogen and oxygen atoms in total. The van der Waals surface area contributed by atoms with E-state index in [1.807, 2.05) is 42.5 Å². The summed E-state index contributed by atoms with van der Waals surface area (Å²) < 4.78 is 0. The number of hydrogen-bond donors (Lipinski definition) is 1. The molecule has 0 aliphatic heterocycles. The molecule has 3 aromatic carbocycles. The van der Waals surface area contributed by atoms with Crippen molar-refractivity contribution < 1.29 is 4.79 Å². The lowest BCUT2D eigenvalue weighted by molar-refractivity contribution is 0.0999. The Hall–Kier alpha value is -2.87. The van der Waals surface area contributed by atoms with Crippen LogP contribution in [0.25, 0.3) is 11.1 Å². The van der Waals surface area contributed by atoms with Gasteiger partial charge in [-0.05, 0) is 33.9 Å². The van der Waals surface area contributed by atoms with Crippen LogP contribution in [-0.4, -0.2) is 5.91 Å². The second kappa shape index (κ2) is 4.85. The predicted molar refractivity (Wildman–Crippen MR) is 87.8 cm³/mol. The van der Waals surface area contributed by atoms with Gasteiger partial charge in [-0.2, -0.15) is 0 Å². The molecule has 1 unspecified atom stereocenters. The molecule has 0 radical (unpaired) electrons. The Morgan fingerprint density at radius 1 is 0.773 bits per heavy atom. The molecule has 0 saturated heterocycles. The number of rotatable bonds is 2. The van der Waals surface area contributed by atoms with Crippen LogP contribution in [0.3, 0.4) is 0 Å². The van der Waals surface area contributed by atoms with Gasteiger partial charge in [-0.1, -0.05) is 66.7 Å². The summed E-state index contributed by atoms with van der Waals surface area (Å²) in [6.07, 6.45) is 0. The minimum absolute atomic E-state index is 0.0658. The molecule has 1 aliphatic rings. The summed E-state index contributed by atoms with van der Waals surface area (Å²) in [6, 6.07) is 24.4. The first-order valence-electron chi connectivity index (χ1n) is 7.34. The quantitative estimate of drug-likeness (QED) is 0.595. The fraction of sp³-hybridized carbons (Fsp3) is 0.0500. The highest BCUT2D eigenvalue weighted by molar-refractivity contribution is 5.99. The summed E-state index contributed by atoms with van der Waals surface area (Å²) >= 11 is 0. The predicted octanol–water partition coefficient (Wildman–Crippen LogP) is 3.95. The summed E-state index contributed by atoms with van der Waals surface area (Å²) in [5.41, 5.74) is 12.0. The van der Waals surface area contributed by atoms with Crippen LogP contribution in [0.2, 0.25) is 0 Å². The molecule has 0 bridgehead atoms. The van der Waals surface area contributed by atoms with E-state index in [9.17, 15) is 4.79 Å². The van der Waals surface area contributed by atoms with Crippen LogP contribution in [0.5, 0.6) is 0 Å². The van der Waals surface area contributed by atoms with Crippen LogP contribution in [0.1, 0.15) is 33.0 Å². The molecule has 106 valence electrons. The molecule has 0 aromatic heterocycles. The summed E-state index contributed by atoms with van der Waals surface area (Å²) in [6.45, 7) is 0. The first-order valence-corrected chi connectivity index (χ1v) is 7.34. The number of nitrogens with two attached hydrogens (primary N) is 1. The third-order valence-electron chi connectivity index (χ3n) is 4.36. The van der Waals surface area contributed by atoms with Gasteiger partial charge in [0.05, 0.1) is 0 Å². The zero-order chi connectivity index (χ0) is 15.1. The van der Waals surface area contributed by atoms with Gasteiger partial charge in [-0.25, -0.2) is 0 Å². The van der Waals surface area contributed by atoms with Crippen molar-refractivity contribution in [2.45, 2.75) is 5.92 Å². The van der Waals surface area contributed by atoms with Gasteiger partial charge >= 0.3 is 0 Å². The summed E-state index contributed by atoms with van der Waals surface area (Å²) in [5, 5.41) is 0. The third-order valence-corrected chi connectivity index (χ3v) is 4.36. The Kier molecular flexibility index (Phi) is 2.83. The monoisotopic (exact) mass is 285 g/mol. The Balaban J connectivity index is 2.06. The lowest BCUT2D eigenvalue weighted by Crippen LogP contribution is -2.15. The van der Waals surface area contributed by atoms with Crippen molar-refractivity contribution in [3.63, 3.8) is 0 Å². The molecule has 1 aliphatic carbocycles. The zero-order valence-electron chi connectivity index (χ0n) is 12.0. The van der Waals surface area contributed by atoms with Crippen LogP contribution in [-0.2, 0) is 0 Å². The Morgan fingerprint density at radius 2 is 1.45 bits per heavy atom. The van der Waals surface area contributed by atoms with Crippen molar-refractivity contribution in [3.8, 4) is 11.1 Å². The molecule has 0 spiro atoms. The number of carbonyl (C=O) groups excluding carboxylic acids is 1. The van der Waals surface area contributed by atoms with Crippen molar-refractivity contribution in [3.05, 3.63) is 95.1 Å². The van der Waals surface area contributed by atoms with Crippen molar-refractivity contribution in [2.24, 2.45) is 5.73 Å². The van der Waals surface area contributed by atoms with E-state index in [4.69, 9.17) is 5.73 Å². The normalized spacial score (nSPS) is 15.2. The summed E-state index contributed by atoms with van der Waals surface area (Å²) in [5.74, 6) is -0.304. The van der Waals surface area contributed by atoms with Crippen LogP contribution >= 0.6 is 0 Å². The Bertz CT molecular complexity index is 868. The van der Waals surface area contributed by atoms with Crippen LogP contribution in [0.4, 0.5) is 0 Å². The number of amides is 1. The van der Waals surface area contributed by atoms with E-state index in [1.165, 1.54) is 16.7 Å². The van der Waals surface area contributed by atoms with E-state index >= 15 is 0 Å². The van der Waals surface area contributed by atoms with Gasteiger partial charge in [0.2, 0.25) is 5.91 Å². The van der Waals surface area contributed by atoms with Crippen LogP contribution < -0.4 is 5.73 Å². The van der Waals surface area contributed by atoms with Gasteiger partial charge in [-0.3, -0.25) is 4.79 Å². The smallest absolute Gasteiger partial charge is 0.249 e. The molecule has 0 saturated carbocycles. The Labute approximate surface area is 129 Å². The molecule has 0 fully saturated rings. The maximum atomic E-state index is 11.9. The van der Waals surface area contributed by atoms with E-state index in [-0.39, 0.29) is 11.8 Å². The lowest BCUT2D eigenvalue weighted by Gasteiger charge is -2.16. The third kappa shape index (κ3) is 1.77. The molecule has 2 N–H and O–H groups in total. The number of carbonyl (C=O) groups is 1. The molecule has 0 heterocycles. The average Bonchev–Trinajstić information content (AvgIpc) is 2.90. The van der Waals surface area contributed by atoms with Crippen molar-refractivity contribution in [1.29, 1.82) is 0 Å². The Morgan fingerprint density at radius 3 is 2.23 bits per heavy atom. The standard InChI is InChI=1S/C20H15NO/c21-20(22)17-12-6-11-16-14-9-4-5-10-15(14)18(19(16)17)13-7-2-1-3-8-13/h1-12,18H,(H2,21,22). The molecule has 4 rings (SSSR count). The maximum absolute atomic E-state index is 11.9.